The number of imide groups is 2. The Morgan fingerprint density at radius 3 is 1.00 bits per heavy atom. The standard InChI is InChI=1S/C32H28N2O3/c35-30-21-31(36)34(23-29(26-17-9-3-10-18-26)27-19-11-4-12-20-27)32(37)33(30)22-28(24-13-5-1-6-14-24)25-15-7-2-8-16-25/h1-20,28-29H,21-23H2. The van der Waals surface area contributed by atoms with E-state index in [9.17, 15) is 14.4 Å². The molecule has 0 aliphatic carbocycles. The van der Waals surface area contributed by atoms with Crippen molar-refractivity contribution in [3.05, 3.63) is 144 Å². The molecule has 0 atom stereocenters. The van der Waals surface area contributed by atoms with Gasteiger partial charge in [-0.2, -0.15) is 0 Å². The maximum atomic E-state index is 13.8. The van der Waals surface area contributed by atoms with E-state index in [0.29, 0.717) is 0 Å². The summed E-state index contributed by atoms with van der Waals surface area (Å²) in [5.41, 5.74) is 4.02. The number of hydrogen-bond donors (Lipinski definition) is 0. The van der Waals surface area contributed by atoms with Crippen molar-refractivity contribution in [2.24, 2.45) is 0 Å². The van der Waals surface area contributed by atoms with Crippen LogP contribution in [0.1, 0.15) is 40.5 Å². The molecule has 4 aromatic carbocycles. The predicted molar refractivity (Wildman–Crippen MR) is 143 cm³/mol. The number of carbonyl (C=O) groups excluding carboxylic acids is 3. The maximum absolute atomic E-state index is 13.8. The molecule has 1 aliphatic heterocycles. The van der Waals surface area contributed by atoms with Gasteiger partial charge in [0.2, 0.25) is 11.8 Å². The molecule has 0 N–H and O–H groups in total. The van der Waals surface area contributed by atoms with E-state index in [1.165, 1.54) is 9.80 Å². The van der Waals surface area contributed by atoms with Crippen LogP contribution >= 0.6 is 0 Å². The van der Waals surface area contributed by atoms with Crippen molar-refractivity contribution < 1.29 is 14.4 Å². The normalized spacial score (nSPS) is 14.1. The topological polar surface area (TPSA) is 57.7 Å². The van der Waals surface area contributed by atoms with Crippen LogP contribution in [0.4, 0.5) is 4.79 Å². The lowest BCUT2D eigenvalue weighted by molar-refractivity contribution is -0.142. The highest BCUT2D eigenvalue weighted by Gasteiger charge is 2.40. The molecule has 5 nitrogen and oxygen atoms in total. The fraction of sp³-hybridized carbons (Fsp3) is 0.156. The highest BCUT2D eigenvalue weighted by atomic mass is 16.2. The molecule has 5 rings (SSSR count). The predicted octanol–water partition coefficient (Wildman–Crippen LogP) is 5.83. The molecule has 1 fully saturated rings. The van der Waals surface area contributed by atoms with Crippen LogP contribution in [0.5, 0.6) is 0 Å². The Morgan fingerprint density at radius 2 is 0.730 bits per heavy atom. The van der Waals surface area contributed by atoms with Gasteiger partial charge in [0, 0.05) is 24.9 Å². The molecular weight excluding hydrogens is 460 g/mol. The summed E-state index contributed by atoms with van der Waals surface area (Å²) in [6.45, 7) is 0.327. The van der Waals surface area contributed by atoms with E-state index < -0.39 is 17.8 Å². The summed E-state index contributed by atoms with van der Waals surface area (Å²) in [4.78, 5) is 42.3. The Balaban J connectivity index is 1.46. The molecule has 4 amide bonds. The summed E-state index contributed by atoms with van der Waals surface area (Å²) in [5, 5.41) is 0. The SMILES string of the molecule is O=C1CC(=O)N(CC(c2ccccc2)c2ccccc2)C(=O)N1CC(c1ccccc1)c1ccccc1. The summed E-state index contributed by atoms with van der Waals surface area (Å²) in [6, 6.07) is 38.8. The number of rotatable bonds is 8. The quantitative estimate of drug-likeness (QED) is 0.293. The number of amides is 4. The molecule has 0 spiro atoms. The summed E-state index contributed by atoms with van der Waals surface area (Å²) < 4.78 is 0. The lowest BCUT2D eigenvalue weighted by atomic mass is 9.90. The molecule has 37 heavy (non-hydrogen) atoms. The largest absolute Gasteiger partial charge is 0.333 e. The number of barbiturate groups is 1. The minimum atomic E-state index is -0.560. The van der Waals surface area contributed by atoms with Crippen molar-refractivity contribution in [3.63, 3.8) is 0 Å². The van der Waals surface area contributed by atoms with Crippen molar-refractivity contribution >= 4 is 17.8 Å². The van der Waals surface area contributed by atoms with E-state index in [0.717, 1.165) is 22.3 Å². The van der Waals surface area contributed by atoms with Gasteiger partial charge in [0.25, 0.3) is 0 Å². The van der Waals surface area contributed by atoms with Crippen molar-refractivity contribution in [2.45, 2.75) is 18.3 Å². The summed E-state index contributed by atoms with van der Waals surface area (Å²) in [7, 11) is 0. The first-order valence-electron chi connectivity index (χ1n) is 12.5. The smallest absolute Gasteiger partial charge is 0.274 e. The van der Waals surface area contributed by atoms with Gasteiger partial charge in [-0.3, -0.25) is 19.4 Å². The molecule has 0 saturated carbocycles. The summed E-state index contributed by atoms with van der Waals surface area (Å²) in [5.74, 6) is -1.33. The number of urea groups is 1. The van der Waals surface area contributed by atoms with Crippen LogP contribution in [0.25, 0.3) is 0 Å². The van der Waals surface area contributed by atoms with Gasteiger partial charge in [0.1, 0.15) is 6.42 Å². The molecule has 184 valence electrons. The zero-order valence-corrected chi connectivity index (χ0v) is 20.4. The summed E-state index contributed by atoms with van der Waals surface area (Å²) >= 11 is 0. The molecule has 0 unspecified atom stereocenters. The summed E-state index contributed by atoms with van der Waals surface area (Å²) in [6.07, 6.45) is -0.321. The average molecular weight is 489 g/mol. The number of hydrogen-bond acceptors (Lipinski definition) is 3. The van der Waals surface area contributed by atoms with Crippen LogP contribution in [0.2, 0.25) is 0 Å². The minimum absolute atomic E-state index is 0.164. The van der Waals surface area contributed by atoms with Crippen LogP contribution in [-0.4, -0.2) is 40.7 Å². The zero-order valence-electron chi connectivity index (χ0n) is 20.4. The van der Waals surface area contributed by atoms with Gasteiger partial charge in [-0.15, -0.1) is 0 Å². The number of carbonyl (C=O) groups is 3. The van der Waals surface area contributed by atoms with Crippen LogP contribution < -0.4 is 0 Å². The Morgan fingerprint density at radius 1 is 0.459 bits per heavy atom. The third kappa shape index (κ3) is 5.36. The van der Waals surface area contributed by atoms with E-state index in [1.54, 1.807) is 0 Å². The molecular formula is C32H28N2O3. The Hall–Kier alpha value is -4.51. The highest BCUT2D eigenvalue weighted by molar-refractivity contribution is 6.14. The lowest BCUT2D eigenvalue weighted by Crippen LogP contribution is -2.56. The first-order chi connectivity index (χ1) is 18.1. The second-order valence-corrected chi connectivity index (χ2v) is 9.22. The molecule has 1 aliphatic rings. The average Bonchev–Trinajstić information content (AvgIpc) is 2.95. The van der Waals surface area contributed by atoms with E-state index in [2.05, 4.69) is 0 Å². The van der Waals surface area contributed by atoms with Gasteiger partial charge in [-0.05, 0) is 22.3 Å². The van der Waals surface area contributed by atoms with Crippen molar-refractivity contribution in [1.82, 2.24) is 9.80 Å². The second kappa shape index (κ2) is 11.0. The fourth-order valence-electron chi connectivity index (χ4n) is 4.95. The third-order valence-corrected chi connectivity index (χ3v) is 6.90. The molecule has 0 bridgehead atoms. The van der Waals surface area contributed by atoms with Crippen LogP contribution in [-0.2, 0) is 9.59 Å². The first kappa shape index (κ1) is 24.2. The van der Waals surface area contributed by atoms with E-state index in [4.69, 9.17) is 0 Å². The minimum Gasteiger partial charge on any atom is -0.274 e. The van der Waals surface area contributed by atoms with Gasteiger partial charge in [-0.1, -0.05) is 121 Å². The maximum Gasteiger partial charge on any atom is 0.333 e. The molecule has 0 radical (unpaired) electrons. The van der Waals surface area contributed by atoms with Gasteiger partial charge < -0.3 is 0 Å². The van der Waals surface area contributed by atoms with E-state index in [1.807, 2.05) is 121 Å². The number of benzene rings is 4. The van der Waals surface area contributed by atoms with Gasteiger partial charge >= 0.3 is 6.03 Å². The highest BCUT2D eigenvalue weighted by Crippen LogP contribution is 2.30. The fourth-order valence-corrected chi connectivity index (χ4v) is 4.95. The van der Waals surface area contributed by atoms with Gasteiger partial charge in [-0.25, -0.2) is 4.79 Å². The van der Waals surface area contributed by atoms with Crippen LogP contribution in [0, 0.1) is 0 Å². The molecule has 0 aromatic heterocycles. The van der Waals surface area contributed by atoms with Gasteiger partial charge in [0.15, 0.2) is 0 Å². The Labute approximate surface area is 217 Å². The van der Waals surface area contributed by atoms with Crippen LogP contribution in [0.3, 0.4) is 0 Å². The molecule has 5 heteroatoms. The van der Waals surface area contributed by atoms with E-state index in [-0.39, 0.29) is 31.3 Å². The lowest BCUT2D eigenvalue weighted by Gasteiger charge is -2.36. The Bertz CT molecular complexity index is 1170. The molecule has 4 aromatic rings. The third-order valence-electron chi connectivity index (χ3n) is 6.90. The molecule has 1 saturated heterocycles. The Kier molecular flexibility index (Phi) is 7.22. The second-order valence-electron chi connectivity index (χ2n) is 9.22. The number of nitrogens with zero attached hydrogens (tertiary/aromatic N) is 2. The monoisotopic (exact) mass is 488 g/mol. The van der Waals surface area contributed by atoms with Crippen molar-refractivity contribution in [3.8, 4) is 0 Å². The van der Waals surface area contributed by atoms with Gasteiger partial charge in [0.05, 0.1) is 0 Å². The zero-order chi connectivity index (χ0) is 25.6. The van der Waals surface area contributed by atoms with E-state index >= 15 is 0 Å². The molecule has 1 heterocycles. The van der Waals surface area contributed by atoms with Crippen molar-refractivity contribution in [2.75, 3.05) is 13.1 Å². The first-order valence-corrected chi connectivity index (χ1v) is 12.5. The van der Waals surface area contributed by atoms with Crippen molar-refractivity contribution in [1.29, 1.82) is 0 Å². The van der Waals surface area contributed by atoms with Crippen LogP contribution in [0.15, 0.2) is 121 Å².